The van der Waals surface area contributed by atoms with E-state index in [1.165, 1.54) is 6.92 Å². The lowest BCUT2D eigenvalue weighted by atomic mass is 9.58. The molecule has 0 spiro atoms. The van der Waals surface area contributed by atoms with Gasteiger partial charge in [-0.1, -0.05) is 43.3 Å². The molecule has 0 bridgehead atoms. The van der Waals surface area contributed by atoms with Crippen LogP contribution in [0, 0.1) is 17.3 Å². The van der Waals surface area contributed by atoms with Crippen molar-refractivity contribution >= 4 is 11.8 Å². The summed E-state index contributed by atoms with van der Waals surface area (Å²) in [6.07, 6.45) is 2.60. The SMILES string of the molecule is C=C[C@]1(C)C(C(CC2(C)OCCO2)OC(C)=O)C(=O)CC[C@H]1COCc1ccccc1. The van der Waals surface area contributed by atoms with Gasteiger partial charge in [0.25, 0.3) is 0 Å². The lowest BCUT2D eigenvalue weighted by molar-refractivity contribution is -0.190. The monoisotopic (exact) mass is 430 g/mol. The number of hydrogen-bond donors (Lipinski definition) is 0. The van der Waals surface area contributed by atoms with E-state index in [1.807, 2.05) is 50.3 Å². The van der Waals surface area contributed by atoms with Crippen molar-refractivity contribution in [1.82, 2.24) is 0 Å². The van der Waals surface area contributed by atoms with Crippen molar-refractivity contribution in [2.75, 3.05) is 19.8 Å². The summed E-state index contributed by atoms with van der Waals surface area (Å²) in [7, 11) is 0. The average Bonchev–Trinajstić information content (AvgIpc) is 3.16. The van der Waals surface area contributed by atoms with E-state index in [9.17, 15) is 9.59 Å². The van der Waals surface area contributed by atoms with Crippen LogP contribution in [0.2, 0.25) is 0 Å². The average molecular weight is 431 g/mol. The standard InChI is InChI=1S/C25H34O6/c1-5-24(3)20(17-28-16-19-9-7-6-8-10-19)11-12-21(27)23(24)22(31-18(2)26)15-25(4)29-13-14-30-25/h5-10,20,22-23H,1,11-17H2,2-4H3/t20-,22?,23?,24-/m0/s1. The van der Waals surface area contributed by atoms with Gasteiger partial charge in [-0.25, -0.2) is 0 Å². The molecule has 1 heterocycles. The summed E-state index contributed by atoms with van der Waals surface area (Å²) in [5.41, 5.74) is 0.522. The molecule has 6 nitrogen and oxygen atoms in total. The van der Waals surface area contributed by atoms with Crippen LogP contribution in [0.15, 0.2) is 43.0 Å². The molecule has 2 unspecified atom stereocenters. The molecule has 6 heteroatoms. The lowest BCUT2D eigenvalue weighted by Gasteiger charge is -2.48. The maximum Gasteiger partial charge on any atom is 0.302 e. The normalized spacial score (nSPS) is 28.8. The summed E-state index contributed by atoms with van der Waals surface area (Å²) < 4.78 is 23.2. The summed E-state index contributed by atoms with van der Waals surface area (Å²) >= 11 is 0. The second kappa shape index (κ2) is 10.1. The molecule has 2 fully saturated rings. The Kier molecular flexibility index (Phi) is 7.68. The Morgan fingerprint density at radius 2 is 1.94 bits per heavy atom. The Morgan fingerprint density at radius 1 is 1.26 bits per heavy atom. The van der Waals surface area contributed by atoms with Gasteiger partial charge in [-0.15, -0.1) is 6.58 Å². The van der Waals surface area contributed by atoms with Crippen LogP contribution in [0.5, 0.6) is 0 Å². The number of carbonyl (C=O) groups is 2. The van der Waals surface area contributed by atoms with E-state index in [2.05, 4.69) is 6.58 Å². The molecule has 1 saturated carbocycles. The Morgan fingerprint density at radius 3 is 2.55 bits per heavy atom. The number of benzene rings is 1. The zero-order valence-corrected chi connectivity index (χ0v) is 18.8. The Bertz CT molecular complexity index is 769. The highest BCUT2D eigenvalue weighted by molar-refractivity contribution is 5.84. The fraction of sp³-hybridized carbons (Fsp3) is 0.600. The van der Waals surface area contributed by atoms with Crippen LogP contribution in [-0.4, -0.2) is 43.5 Å². The molecule has 3 rings (SSSR count). The minimum Gasteiger partial charge on any atom is -0.462 e. The van der Waals surface area contributed by atoms with Crippen LogP contribution in [0.1, 0.15) is 45.6 Å². The second-order valence-corrected chi connectivity index (χ2v) is 8.93. The molecule has 1 aliphatic heterocycles. The van der Waals surface area contributed by atoms with Crippen molar-refractivity contribution in [3.63, 3.8) is 0 Å². The number of rotatable bonds is 9. The van der Waals surface area contributed by atoms with Gasteiger partial charge in [-0.2, -0.15) is 0 Å². The third-order valence-corrected chi connectivity index (χ3v) is 6.67. The van der Waals surface area contributed by atoms with E-state index in [0.29, 0.717) is 45.7 Å². The number of Topliss-reactive ketones (excluding diaryl/α,β-unsaturated/α-hetero) is 1. The van der Waals surface area contributed by atoms with Gasteiger partial charge in [0.15, 0.2) is 5.79 Å². The van der Waals surface area contributed by atoms with Gasteiger partial charge in [0.05, 0.1) is 32.3 Å². The van der Waals surface area contributed by atoms with Crippen LogP contribution in [0.25, 0.3) is 0 Å². The maximum atomic E-state index is 13.1. The molecular formula is C25H34O6. The highest BCUT2D eigenvalue weighted by atomic mass is 16.7. The predicted octanol–water partition coefficient (Wildman–Crippen LogP) is 4.08. The first kappa shape index (κ1) is 23.6. The summed E-state index contributed by atoms with van der Waals surface area (Å²) in [6.45, 7) is 11.2. The van der Waals surface area contributed by atoms with Crippen LogP contribution in [0.3, 0.4) is 0 Å². The van der Waals surface area contributed by atoms with Crippen molar-refractivity contribution in [1.29, 1.82) is 0 Å². The summed E-state index contributed by atoms with van der Waals surface area (Å²) in [4.78, 5) is 25.1. The molecule has 170 valence electrons. The third kappa shape index (κ3) is 5.62. The van der Waals surface area contributed by atoms with Gasteiger partial charge in [-0.3, -0.25) is 9.59 Å². The summed E-state index contributed by atoms with van der Waals surface area (Å²) in [6, 6.07) is 10.00. The number of hydrogen-bond acceptors (Lipinski definition) is 6. The smallest absolute Gasteiger partial charge is 0.302 e. The van der Waals surface area contributed by atoms with E-state index in [-0.39, 0.29) is 11.7 Å². The van der Waals surface area contributed by atoms with E-state index in [4.69, 9.17) is 18.9 Å². The molecule has 0 N–H and O–H groups in total. The summed E-state index contributed by atoms with van der Waals surface area (Å²) in [5, 5.41) is 0. The summed E-state index contributed by atoms with van der Waals surface area (Å²) in [5.74, 6) is -1.67. The van der Waals surface area contributed by atoms with Gasteiger partial charge in [0, 0.05) is 25.2 Å². The topological polar surface area (TPSA) is 71.1 Å². The first-order valence-corrected chi connectivity index (χ1v) is 11.0. The molecule has 2 aliphatic rings. The fourth-order valence-corrected chi connectivity index (χ4v) is 4.92. The minimum atomic E-state index is -0.876. The highest BCUT2D eigenvalue weighted by Gasteiger charge is 2.52. The van der Waals surface area contributed by atoms with E-state index in [0.717, 1.165) is 5.56 Å². The van der Waals surface area contributed by atoms with E-state index >= 15 is 0 Å². The van der Waals surface area contributed by atoms with Crippen molar-refractivity contribution in [3.8, 4) is 0 Å². The predicted molar refractivity (Wildman–Crippen MR) is 116 cm³/mol. The Balaban J connectivity index is 1.78. The highest BCUT2D eigenvalue weighted by Crippen LogP contribution is 2.48. The number of esters is 1. The van der Waals surface area contributed by atoms with Crippen LogP contribution < -0.4 is 0 Å². The van der Waals surface area contributed by atoms with Crippen molar-refractivity contribution in [2.45, 2.75) is 58.5 Å². The van der Waals surface area contributed by atoms with Crippen LogP contribution in [0.4, 0.5) is 0 Å². The molecule has 0 radical (unpaired) electrons. The molecule has 0 aromatic heterocycles. The molecule has 1 aromatic rings. The zero-order valence-electron chi connectivity index (χ0n) is 18.8. The fourth-order valence-electron chi connectivity index (χ4n) is 4.92. The molecule has 1 aliphatic carbocycles. The van der Waals surface area contributed by atoms with Crippen molar-refractivity contribution in [3.05, 3.63) is 48.6 Å². The number of ether oxygens (including phenoxy) is 4. The molecule has 31 heavy (non-hydrogen) atoms. The Hall–Kier alpha value is -2.02. The number of ketones is 1. The minimum absolute atomic E-state index is 0.0766. The largest absolute Gasteiger partial charge is 0.462 e. The van der Waals surface area contributed by atoms with Gasteiger partial charge in [-0.05, 0) is 24.8 Å². The van der Waals surface area contributed by atoms with Gasteiger partial charge in [0.1, 0.15) is 11.9 Å². The Labute approximate surface area is 184 Å². The van der Waals surface area contributed by atoms with Gasteiger partial charge in [0.2, 0.25) is 0 Å². The third-order valence-electron chi connectivity index (χ3n) is 6.67. The second-order valence-electron chi connectivity index (χ2n) is 8.93. The first-order chi connectivity index (χ1) is 14.8. The maximum absolute atomic E-state index is 13.1. The van der Waals surface area contributed by atoms with E-state index < -0.39 is 29.2 Å². The van der Waals surface area contributed by atoms with E-state index in [1.54, 1.807) is 0 Å². The molecular weight excluding hydrogens is 396 g/mol. The van der Waals surface area contributed by atoms with Crippen LogP contribution >= 0.6 is 0 Å². The lowest BCUT2D eigenvalue weighted by Crippen LogP contribution is -2.52. The number of carbonyl (C=O) groups excluding carboxylic acids is 2. The van der Waals surface area contributed by atoms with Crippen LogP contribution in [-0.2, 0) is 35.1 Å². The van der Waals surface area contributed by atoms with Crippen molar-refractivity contribution < 1.29 is 28.5 Å². The first-order valence-electron chi connectivity index (χ1n) is 11.0. The molecule has 1 aromatic carbocycles. The zero-order chi connectivity index (χ0) is 22.5. The van der Waals surface area contributed by atoms with Gasteiger partial charge >= 0.3 is 5.97 Å². The quantitative estimate of drug-likeness (QED) is 0.434. The molecule has 0 amide bonds. The molecule has 4 atom stereocenters. The van der Waals surface area contributed by atoms with Gasteiger partial charge < -0.3 is 18.9 Å². The van der Waals surface area contributed by atoms with Crippen molar-refractivity contribution in [2.24, 2.45) is 17.3 Å². The molecule has 1 saturated heterocycles. The number of allylic oxidation sites excluding steroid dienone is 1.